The molecule has 0 spiro atoms. The van der Waals surface area contributed by atoms with Crippen molar-refractivity contribution in [3.63, 3.8) is 0 Å². The van der Waals surface area contributed by atoms with E-state index < -0.39 is 0 Å². The Morgan fingerprint density at radius 1 is 1.20 bits per heavy atom. The van der Waals surface area contributed by atoms with Gasteiger partial charge in [-0.25, -0.2) is 0 Å². The third-order valence-electron chi connectivity index (χ3n) is 2.58. The molecule has 1 rings (SSSR count). The first-order chi connectivity index (χ1) is 7.19. The number of nitrogens with one attached hydrogen (secondary N) is 1. The van der Waals surface area contributed by atoms with Crippen molar-refractivity contribution >= 4 is 0 Å². The first kappa shape index (κ1) is 12.2. The zero-order valence-electron chi connectivity index (χ0n) is 9.27. The second-order valence-corrected chi connectivity index (χ2v) is 3.81. The summed E-state index contributed by atoms with van der Waals surface area (Å²) in [6.07, 6.45) is 0. The lowest BCUT2D eigenvalue weighted by atomic mass is 10.0. The Labute approximate surface area is 90.8 Å². The maximum atomic E-state index is 8.97. The summed E-state index contributed by atoms with van der Waals surface area (Å²) in [5, 5.41) is 21.1. The van der Waals surface area contributed by atoms with Crippen molar-refractivity contribution in [2.45, 2.75) is 25.9 Å². The zero-order valence-corrected chi connectivity index (χ0v) is 9.27. The average molecular weight is 209 g/mol. The molecule has 0 saturated carbocycles. The standard InChI is InChI=1S/C12H19NO2/c1-9-5-3-4-6-12(9)10(2)13-11(7-14)8-15/h3-6,10-11,13-15H,7-8H2,1-2H3/t10-/m1/s1. The molecule has 0 fully saturated rings. The molecule has 84 valence electrons. The highest BCUT2D eigenvalue weighted by Gasteiger charge is 2.12. The number of aliphatic hydroxyl groups is 2. The van der Waals surface area contributed by atoms with E-state index in [9.17, 15) is 0 Å². The van der Waals surface area contributed by atoms with Crippen LogP contribution in [0.2, 0.25) is 0 Å². The van der Waals surface area contributed by atoms with E-state index in [-0.39, 0.29) is 25.3 Å². The van der Waals surface area contributed by atoms with E-state index in [2.05, 4.69) is 24.4 Å². The second-order valence-electron chi connectivity index (χ2n) is 3.81. The van der Waals surface area contributed by atoms with Crippen molar-refractivity contribution in [1.29, 1.82) is 0 Å². The Morgan fingerprint density at radius 2 is 1.80 bits per heavy atom. The van der Waals surface area contributed by atoms with Crippen LogP contribution in [0.5, 0.6) is 0 Å². The number of hydrogen-bond donors (Lipinski definition) is 3. The summed E-state index contributed by atoms with van der Waals surface area (Å²) in [5.74, 6) is 0. The summed E-state index contributed by atoms with van der Waals surface area (Å²) in [6.45, 7) is 3.99. The molecule has 0 radical (unpaired) electrons. The van der Waals surface area contributed by atoms with Gasteiger partial charge in [0.15, 0.2) is 0 Å². The number of benzene rings is 1. The molecule has 1 aromatic rings. The fraction of sp³-hybridized carbons (Fsp3) is 0.500. The number of aryl methyl sites for hydroxylation is 1. The molecule has 0 bridgehead atoms. The fourth-order valence-electron chi connectivity index (χ4n) is 1.68. The summed E-state index contributed by atoms with van der Waals surface area (Å²) in [5.41, 5.74) is 2.41. The van der Waals surface area contributed by atoms with Gasteiger partial charge in [0.25, 0.3) is 0 Å². The van der Waals surface area contributed by atoms with E-state index in [1.807, 2.05) is 19.1 Å². The van der Waals surface area contributed by atoms with Gasteiger partial charge in [0.1, 0.15) is 0 Å². The van der Waals surface area contributed by atoms with E-state index in [0.717, 1.165) is 0 Å². The van der Waals surface area contributed by atoms with Gasteiger partial charge in [-0.2, -0.15) is 0 Å². The van der Waals surface area contributed by atoms with Crippen molar-refractivity contribution in [1.82, 2.24) is 5.32 Å². The highest BCUT2D eigenvalue weighted by molar-refractivity contribution is 5.28. The molecule has 3 heteroatoms. The van der Waals surface area contributed by atoms with Crippen LogP contribution in [0.1, 0.15) is 24.1 Å². The summed E-state index contributed by atoms with van der Waals surface area (Å²) in [4.78, 5) is 0. The first-order valence-corrected chi connectivity index (χ1v) is 5.22. The van der Waals surface area contributed by atoms with E-state index in [4.69, 9.17) is 10.2 Å². The lowest BCUT2D eigenvalue weighted by molar-refractivity contribution is 0.163. The Kier molecular flexibility index (Phi) is 4.75. The molecule has 0 amide bonds. The van der Waals surface area contributed by atoms with Crippen molar-refractivity contribution in [2.24, 2.45) is 0 Å². The molecule has 0 aliphatic heterocycles. The molecular formula is C12H19NO2. The summed E-state index contributed by atoms with van der Waals surface area (Å²) in [6, 6.07) is 7.99. The van der Waals surface area contributed by atoms with Gasteiger partial charge in [-0.15, -0.1) is 0 Å². The van der Waals surface area contributed by atoms with Crippen LogP contribution >= 0.6 is 0 Å². The molecule has 0 aliphatic carbocycles. The van der Waals surface area contributed by atoms with Crippen molar-refractivity contribution in [3.8, 4) is 0 Å². The first-order valence-electron chi connectivity index (χ1n) is 5.22. The van der Waals surface area contributed by atoms with Gasteiger partial charge in [-0.3, -0.25) is 0 Å². The van der Waals surface area contributed by atoms with Gasteiger partial charge in [0.2, 0.25) is 0 Å². The van der Waals surface area contributed by atoms with Gasteiger partial charge in [0, 0.05) is 6.04 Å². The molecular weight excluding hydrogens is 190 g/mol. The van der Waals surface area contributed by atoms with Crippen LogP contribution in [-0.4, -0.2) is 29.5 Å². The quantitative estimate of drug-likeness (QED) is 0.678. The predicted octanol–water partition coefficient (Wildman–Crippen LogP) is 0.999. The number of hydrogen-bond acceptors (Lipinski definition) is 3. The van der Waals surface area contributed by atoms with Gasteiger partial charge in [0.05, 0.1) is 19.3 Å². The maximum absolute atomic E-state index is 8.97. The van der Waals surface area contributed by atoms with Crippen molar-refractivity contribution in [3.05, 3.63) is 35.4 Å². The van der Waals surface area contributed by atoms with Crippen LogP contribution in [0, 0.1) is 6.92 Å². The molecule has 3 N–H and O–H groups in total. The minimum Gasteiger partial charge on any atom is -0.395 e. The minimum absolute atomic E-state index is 0.0489. The van der Waals surface area contributed by atoms with E-state index in [1.54, 1.807) is 0 Å². The smallest absolute Gasteiger partial charge is 0.0607 e. The predicted molar refractivity (Wildman–Crippen MR) is 60.7 cm³/mol. The van der Waals surface area contributed by atoms with E-state index >= 15 is 0 Å². The molecule has 1 atom stereocenters. The van der Waals surface area contributed by atoms with Gasteiger partial charge in [-0.1, -0.05) is 24.3 Å². The highest BCUT2D eigenvalue weighted by Crippen LogP contribution is 2.16. The normalized spacial score (nSPS) is 13.1. The molecule has 0 aliphatic rings. The summed E-state index contributed by atoms with van der Waals surface area (Å²) >= 11 is 0. The lowest BCUT2D eigenvalue weighted by Crippen LogP contribution is -2.37. The van der Waals surface area contributed by atoms with E-state index in [1.165, 1.54) is 11.1 Å². The Bertz CT molecular complexity index is 297. The molecule has 0 heterocycles. The Morgan fingerprint density at radius 3 is 2.33 bits per heavy atom. The highest BCUT2D eigenvalue weighted by atomic mass is 16.3. The van der Waals surface area contributed by atoms with Gasteiger partial charge >= 0.3 is 0 Å². The largest absolute Gasteiger partial charge is 0.395 e. The topological polar surface area (TPSA) is 52.5 Å². The van der Waals surface area contributed by atoms with Crippen molar-refractivity contribution < 1.29 is 10.2 Å². The average Bonchev–Trinajstić information content (AvgIpc) is 2.26. The molecule has 15 heavy (non-hydrogen) atoms. The lowest BCUT2D eigenvalue weighted by Gasteiger charge is -2.21. The second kappa shape index (κ2) is 5.85. The third kappa shape index (κ3) is 3.30. The van der Waals surface area contributed by atoms with Crippen LogP contribution in [-0.2, 0) is 0 Å². The maximum Gasteiger partial charge on any atom is 0.0607 e. The summed E-state index contributed by atoms with van der Waals surface area (Å²) < 4.78 is 0. The zero-order chi connectivity index (χ0) is 11.3. The monoisotopic (exact) mass is 209 g/mol. The van der Waals surface area contributed by atoms with Crippen LogP contribution in [0.15, 0.2) is 24.3 Å². The molecule has 0 unspecified atom stereocenters. The van der Waals surface area contributed by atoms with Crippen LogP contribution < -0.4 is 5.32 Å². The van der Waals surface area contributed by atoms with Gasteiger partial charge in [-0.05, 0) is 25.0 Å². The van der Waals surface area contributed by atoms with Crippen LogP contribution in [0.3, 0.4) is 0 Å². The van der Waals surface area contributed by atoms with Crippen LogP contribution in [0.4, 0.5) is 0 Å². The number of rotatable bonds is 5. The van der Waals surface area contributed by atoms with Crippen molar-refractivity contribution in [2.75, 3.05) is 13.2 Å². The van der Waals surface area contributed by atoms with Gasteiger partial charge < -0.3 is 15.5 Å². The Balaban J connectivity index is 2.68. The molecule has 1 aromatic carbocycles. The Hall–Kier alpha value is -0.900. The SMILES string of the molecule is Cc1ccccc1[C@@H](C)NC(CO)CO. The van der Waals surface area contributed by atoms with E-state index in [0.29, 0.717) is 0 Å². The third-order valence-corrected chi connectivity index (χ3v) is 2.58. The molecule has 0 saturated heterocycles. The summed E-state index contributed by atoms with van der Waals surface area (Å²) in [7, 11) is 0. The van der Waals surface area contributed by atoms with Crippen LogP contribution in [0.25, 0.3) is 0 Å². The molecule has 0 aromatic heterocycles. The fourth-order valence-corrected chi connectivity index (χ4v) is 1.68. The minimum atomic E-state index is -0.250. The molecule has 3 nitrogen and oxygen atoms in total. The number of aliphatic hydroxyl groups excluding tert-OH is 2.